The Labute approximate surface area is 112 Å². The lowest BCUT2D eigenvalue weighted by molar-refractivity contribution is -0.129. The number of hydrogen-bond donors (Lipinski definition) is 0. The second kappa shape index (κ2) is 5.71. The van der Waals surface area contributed by atoms with Gasteiger partial charge in [0.25, 0.3) is 0 Å². The average molecular weight is 263 g/mol. The molecule has 0 unspecified atom stereocenters. The van der Waals surface area contributed by atoms with Gasteiger partial charge >= 0.3 is 6.09 Å². The fourth-order valence-electron chi connectivity index (χ4n) is 2.05. The summed E-state index contributed by atoms with van der Waals surface area (Å²) in [6.07, 6.45) is -0.659. The summed E-state index contributed by atoms with van der Waals surface area (Å²) in [5, 5.41) is 18.0. The maximum absolute atomic E-state index is 12.1. The number of hydrogen-bond acceptors (Lipinski definition) is 5. The van der Waals surface area contributed by atoms with Gasteiger partial charge in [0.05, 0.1) is 18.7 Å². The van der Waals surface area contributed by atoms with E-state index in [-0.39, 0.29) is 25.0 Å². The first kappa shape index (κ1) is 15.0. The molecule has 0 aromatic carbocycles. The maximum Gasteiger partial charge on any atom is 0.416 e. The van der Waals surface area contributed by atoms with Crippen molar-refractivity contribution in [2.24, 2.45) is 17.3 Å². The van der Waals surface area contributed by atoms with Crippen LogP contribution in [0.3, 0.4) is 0 Å². The Morgan fingerprint density at radius 1 is 1.42 bits per heavy atom. The molecule has 1 rings (SSSR count). The highest BCUT2D eigenvalue weighted by Crippen LogP contribution is 2.35. The Bertz CT molecular complexity index is 439. The predicted molar refractivity (Wildman–Crippen MR) is 65.3 cm³/mol. The van der Waals surface area contributed by atoms with E-state index in [2.05, 4.69) is 0 Å². The van der Waals surface area contributed by atoms with Crippen LogP contribution in [0.15, 0.2) is 0 Å². The van der Waals surface area contributed by atoms with Gasteiger partial charge in [-0.2, -0.15) is 10.5 Å². The summed E-state index contributed by atoms with van der Waals surface area (Å²) in [6.45, 7) is 6.04. The molecule has 0 spiro atoms. The van der Waals surface area contributed by atoms with E-state index >= 15 is 0 Å². The predicted octanol–water partition coefficient (Wildman–Crippen LogP) is 1.68. The second-order valence-electron chi connectivity index (χ2n) is 5.57. The van der Waals surface area contributed by atoms with E-state index in [4.69, 9.17) is 15.3 Å². The van der Waals surface area contributed by atoms with E-state index in [1.54, 1.807) is 0 Å². The van der Waals surface area contributed by atoms with Crippen molar-refractivity contribution in [1.29, 1.82) is 10.5 Å². The van der Waals surface area contributed by atoms with Crippen molar-refractivity contribution in [2.45, 2.75) is 27.2 Å². The lowest BCUT2D eigenvalue weighted by Gasteiger charge is -2.31. The molecular weight excluding hydrogens is 246 g/mol. The Morgan fingerprint density at radius 2 is 2.00 bits per heavy atom. The SMILES string of the molecule is CC(C)(C)[C@@H](CC(=O)N1CCOC1=O)C(C#N)C#N. The molecule has 0 N–H and O–H groups in total. The van der Waals surface area contributed by atoms with Crippen molar-refractivity contribution < 1.29 is 14.3 Å². The van der Waals surface area contributed by atoms with Crippen LogP contribution in [0.2, 0.25) is 0 Å². The molecule has 102 valence electrons. The Balaban J connectivity index is 2.85. The summed E-state index contributed by atoms with van der Waals surface area (Å²) in [5.41, 5.74) is -0.380. The van der Waals surface area contributed by atoms with Crippen molar-refractivity contribution >= 4 is 12.0 Å². The van der Waals surface area contributed by atoms with Gasteiger partial charge < -0.3 is 4.74 Å². The third-order valence-corrected chi connectivity index (χ3v) is 3.25. The minimum Gasteiger partial charge on any atom is -0.447 e. The van der Waals surface area contributed by atoms with E-state index in [1.807, 2.05) is 32.9 Å². The van der Waals surface area contributed by atoms with Gasteiger partial charge in [-0.25, -0.2) is 9.69 Å². The molecule has 0 bridgehead atoms. The molecule has 1 heterocycles. The third kappa shape index (κ3) is 3.45. The van der Waals surface area contributed by atoms with Crippen LogP contribution in [0, 0.1) is 39.9 Å². The largest absolute Gasteiger partial charge is 0.447 e. The van der Waals surface area contributed by atoms with E-state index in [9.17, 15) is 9.59 Å². The molecule has 1 aliphatic heterocycles. The summed E-state index contributed by atoms with van der Waals surface area (Å²) in [6, 6.07) is 3.83. The van der Waals surface area contributed by atoms with Crippen LogP contribution in [0.5, 0.6) is 0 Å². The first-order valence-electron chi connectivity index (χ1n) is 6.07. The highest BCUT2D eigenvalue weighted by Gasteiger charge is 2.37. The van der Waals surface area contributed by atoms with Gasteiger partial charge in [0.15, 0.2) is 0 Å². The molecule has 0 radical (unpaired) electrons. The lowest BCUT2D eigenvalue weighted by Crippen LogP contribution is -2.37. The van der Waals surface area contributed by atoms with Gasteiger partial charge in [-0.1, -0.05) is 20.8 Å². The normalized spacial score (nSPS) is 16.7. The first-order chi connectivity index (χ1) is 8.81. The van der Waals surface area contributed by atoms with Gasteiger partial charge in [-0.15, -0.1) is 0 Å². The van der Waals surface area contributed by atoms with Crippen molar-refractivity contribution in [3.63, 3.8) is 0 Å². The minimum absolute atomic E-state index is 0.00954. The number of amides is 2. The summed E-state index contributed by atoms with van der Waals surface area (Å²) in [7, 11) is 0. The highest BCUT2D eigenvalue weighted by molar-refractivity contribution is 5.93. The molecule has 6 nitrogen and oxygen atoms in total. The van der Waals surface area contributed by atoms with Crippen molar-refractivity contribution in [3.05, 3.63) is 0 Å². The Hall–Kier alpha value is -2.08. The van der Waals surface area contributed by atoms with Gasteiger partial charge in [-0.05, 0) is 5.41 Å². The van der Waals surface area contributed by atoms with Crippen molar-refractivity contribution in [2.75, 3.05) is 13.2 Å². The average Bonchev–Trinajstić information content (AvgIpc) is 2.74. The zero-order valence-electron chi connectivity index (χ0n) is 11.3. The topological polar surface area (TPSA) is 94.2 Å². The summed E-state index contributed by atoms with van der Waals surface area (Å²) < 4.78 is 4.70. The van der Waals surface area contributed by atoms with Gasteiger partial charge in [0, 0.05) is 12.3 Å². The monoisotopic (exact) mass is 263 g/mol. The number of imide groups is 1. The minimum atomic E-state index is -0.873. The van der Waals surface area contributed by atoms with Crippen LogP contribution >= 0.6 is 0 Å². The molecular formula is C13H17N3O3. The zero-order chi connectivity index (χ0) is 14.6. The molecule has 0 aromatic rings. The molecule has 0 aliphatic carbocycles. The van der Waals surface area contributed by atoms with Gasteiger partial charge in [-0.3, -0.25) is 4.79 Å². The quantitative estimate of drug-likeness (QED) is 0.772. The van der Waals surface area contributed by atoms with Crippen LogP contribution in [0.4, 0.5) is 4.79 Å². The number of carbonyl (C=O) groups excluding carboxylic acids is 2. The van der Waals surface area contributed by atoms with E-state index in [0.717, 1.165) is 4.90 Å². The fourth-order valence-corrected chi connectivity index (χ4v) is 2.05. The first-order valence-corrected chi connectivity index (χ1v) is 6.07. The van der Waals surface area contributed by atoms with E-state index in [0.29, 0.717) is 0 Å². The molecule has 0 saturated carbocycles. The molecule has 1 atom stereocenters. The second-order valence-corrected chi connectivity index (χ2v) is 5.57. The molecule has 1 saturated heterocycles. The third-order valence-electron chi connectivity index (χ3n) is 3.25. The maximum atomic E-state index is 12.1. The van der Waals surface area contributed by atoms with Crippen LogP contribution in [-0.4, -0.2) is 30.1 Å². The number of nitriles is 2. The molecule has 1 aliphatic rings. The number of cyclic esters (lactones) is 1. The summed E-state index contributed by atoms with van der Waals surface area (Å²) in [4.78, 5) is 24.4. The number of carbonyl (C=O) groups is 2. The van der Waals surface area contributed by atoms with Gasteiger partial charge in [0.2, 0.25) is 5.91 Å². The van der Waals surface area contributed by atoms with E-state index < -0.39 is 23.8 Å². The van der Waals surface area contributed by atoms with Gasteiger partial charge in [0.1, 0.15) is 12.5 Å². The van der Waals surface area contributed by atoms with Crippen LogP contribution in [0.1, 0.15) is 27.2 Å². The smallest absolute Gasteiger partial charge is 0.416 e. The fraction of sp³-hybridized carbons (Fsp3) is 0.692. The van der Waals surface area contributed by atoms with Crippen LogP contribution in [0.25, 0.3) is 0 Å². The number of ether oxygens (including phenoxy) is 1. The molecule has 1 fully saturated rings. The highest BCUT2D eigenvalue weighted by atomic mass is 16.6. The zero-order valence-corrected chi connectivity index (χ0v) is 11.3. The van der Waals surface area contributed by atoms with Crippen molar-refractivity contribution in [1.82, 2.24) is 4.90 Å². The molecule has 19 heavy (non-hydrogen) atoms. The Morgan fingerprint density at radius 3 is 2.37 bits per heavy atom. The summed E-state index contributed by atoms with van der Waals surface area (Å²) in [5.74, 6) is -1.69. The van der Waals surface area contributed by atoms with Crippen LogP contribution in [-0.2, 0) is 9.53 Å². The van der Waals surface area contributed by atoms with Crippen molar-refractivity contribution in [3.8, 4) is 12.1 Å². The Kier molecular flexibility index (Phi) is 4.50. The molecule has 2 amide bonds. The lowest BCUT2D eigenvalue weighted by atomic mass is 9.72. The standard InChI is InChI=1S/C13H17N3O3/c1-13(2,3)10(9(7-14)8-15)6-11(17)16-4-5-19-12(16)18/h9-10H,4-6H2,1-3H3/t10-/m0/s1. The number of nitrogens with zero attached hydrogens (tertiary/aromatic N) is 3. The number of rotatable bonds is 3. The molecule has 0 aromatic heterocycles. The molecule has 6 heteroatoms. The summed E-state index contributed by atoms with van der Waals surface area (Å²) >= 11 is 0. The van der Waals surface area contributed by atoms with E-state index in [1.165, 1.54) is 0 Å². The van der Waals surface area contributed by atoms with Crippen LogP contribution < -0.4 is 0 Å².